The van der Waals surface area contributed by atoms with Crippen LogP contribution >= 0.6 is 0 Å². The van der Waals surface area contributed by atoms with E-state index in [-0.39, 0.29) is 17.0 Å². The lowest BCUT2D eigenvalue weighted by Crippen LogP contribution is -2.34. The highest BCUT2D eigenvalue weighted by Gasteiger charge is 2.45. The normalized spacial score (nSPS) is 23.8. The van der Waals surface area contributed by atoms with Crippen molar-refractivity contribution < 1.29 is 36.8 Å². The number of rotatable bonds is 5. The molecule has 0 unspecified atom stereocenters. The number of aliphatic hydroxyl groups excluding tert-OH is 2. The monoisotopic (exact) mass is 455 g/mol. The minimum absolute atomic E-state index is 0.0373. The molecule has 14 heteroatoms. The van der Waals surface area contributed by atoms with E-state index in [9.17, 15) is 27.3 Å². The number of hydrogen-bond acceptors (Lipinski definition) is 11. The maximum Gasteiger partial charge on any atom is 0.338 e. The van der Waals surface area contributed by atoms with Gasteiger partial charge in [-0.1, -0.05) is 0 Å². The summed E-state index contributed by atoms with van der Waals surface area (Å²) in [5, 5.41) is 20.7. The number of aliphatic hydroxyl groups is 2. The second-order valence-corrected chi connectivity index (χ2v) is 8.04. The Bertz CT molecular complexity index is 1230. The number of nitrogens with zero attached hydrogens (tertiary/aromatic N) is 4. The van der Waals surface area contributed by atoms with Crippen LogP contribution in [0, 0.1) is 0 Å². The molecule has 0 aliphatic carbocycles. The third-order valence-electron chi connectivity index (χ3n) is 4.75. The van der Waals surface area contributed by atoms with Crippen molar-refractivity contribution in [1.29, 1.82) is 0 Å². The van der Waals surface area contributed by atoms with Crippen LogP contribution in [0.2, 0.25) is 0 Å². The fraction of sp³-hybridized carbons (Fsp3) is 0.294. The topological polar surface area (TPSA) is 180 Å². The molecule has 12 nitrogen and oxygen atoms in total. The summed E-state index contributed by atoms with van der Waals surface area (Å²) in [4.78, 5) is 23.5. The van der Waals surface area contributed by atoms with Crippen LogP contribution in [0.15, 0.2) is 41.8 Å². The van der Waals surface area contributed by atoms with Crippen LogP contribution in [0.25, 0.3) is 11.2 Å². The predicted molar refractivity (Wildman–Crippen MR) is 101 cm³/mol. The van der Waals surface area contributed by atoms with Crippen molar-refractivity contribution in [1.82, 2.24) is 19.5 Å². The Hall–Kier alpha value is -3.20. The summed E-state index contributed by atoms with van der Waals surface area (Å²) < 4.78 is 46.7. The minimum atomic E-state index is -4.89. The fourth-order valence-electron chi connectivity index (χ4n) is 3.15. The molecule has 1 aliphatic heterocycles. The molecule has 1 fully saturated rings. The lowest BCUT2D eigenvalue weighted by molar-refractivity contribution is -0.0565. The number of nitrogens with two attached hydrogens (primary N) is 1. The number of anilines is 1. The Morgan fingerprint density at radius 1 is 1.26 bits per heavy atom. The van der Waals surface area contributed by atoms with Crippen LogP contribution in [0.3, 0.4) is 0 Å². The number of ether oxygens (including phenoxy) is 2. The summed E-state index contributed by atoms with van der Waals surface area (Å²) in [5.41, 5.74) is 6.27. The van der Waals surface area contributed by atoms with Gasteiger partial charge < -0.3 is 25.4 Å². The van der Waals surface area contributed by atoms with Crippen LogP contribution in [0.5, 0.6) is 0 Å². The van der Waals surface area contributed by atoms with Gasteiger partial charge in [0, 0.05) is 0 Å². The number of halogens is 1. The molecule has 3 heterocycles. The average Bonchev–Trinajstić information content (AvgIpc) is 3.28. The van der Waals surface area contributed by atoms with Crippen LogP contribution < -0.4 is 5.73 Å². The van der Waals surface area contributed by atoms with Gasteiger partial charge >= 0.3 is 16.2 Å². The first-order valence-corrected chi connectivity index (χ1v) is 10.2. The summed E-state index contributed by atoms with van der Waals surface area (Å²) in [6, 6.07) is 4.01. The van der Waals surface area contributed by atoms with Crippen molar-refractivity contribution >= 4 is 33.2 Å². The van der Waals surface area contributed by atoms with E-state index < -0.39 is 52.2 Å². The molecule has 1 aromatic carbocycles. The molecule has 4 rings (SSSR count). The van der Waals surface area contributed by atoms with Crippen molar-refractivity contribution in [3.05, 3.63) is 42.5 Å². The van der Waals surface area contributed by atoms with Gasteiger partial charge in [-0.05, 0) is 24.3 Å². The smallest absolute Gasteiger partial charge is 0.338 e. The molecule has 4 N–H and O–H groups in total. The lowest BCUT2D eigenvalue weighted by Gasteiger charge is -2.16. The van der Waals surface area contributed by atoms with Crippen molar-refractivity contribution in [2.24, 2.45) is 0 Å². The summed E-state index contributed by atoms with van der Waals surface area (Å²) in [5.74, 6) is -0.723. The number of carbonyl (C=O) groups excluding carboxylic acids is 1. The number of aromatic nitrogens is 4. The standard InChI is InChI=1S/C17H16FN5O7S/c18-31(27,28)9-3-1-8(2-4-9)17(26)29-5-10-12(24)13(25)16(30-10)23-7-22-11-14(19)20-6-21-15(11)23/h1-4,6-7,10,12-13,16,24-25H,5H2,(H2,19,20,21)/t10-,12-,13-,16-/m1/s1/i7+2. The first-order chi connectivity index (χ1) is 14.7. The summed E-state index contributed by atoms with van der Waals surface area (Å²) in [7, 11) is -4.89. The molecule has 4 atom stereocenters. The Balaban J connectivity index is 1.45. The maximum atomic E-state index is 12.9. The Labute approximate surface area is 174 Å². The first kappa shape index (κ1) is 21.0. The highest BCUT2D eigenvalue weighted by Crippen LogP contribution is 2.32. The third-order valence-corrected chi connectivity index (χ3v) is 5.58. The fourth-order valence-corrected chi connectivity index (χ4v) is 3.61. The first-order valence-electron chi connectivity index (χ1n) is 8.83. The van der Waals surface area contributed by atoms with Crippen molar-refractivity contribution in [3.63, 3.8) is 0 Å². The van der Waals surface area contributed by atoms with Gasteiger partial charge in [0.05, 0.1) is 16.8 Å². The van der Waals surface area contributed by atoms with E-state index in [1.54, 1.807) is 0 Å². The molecule has 164 valence electrons. The molecule has 2 aromatic heterocycles. The second-order valence-electron chi connectivity index (χ2n) is 6.69. The highest BCUT2D eigenvalue weighted by atomic mass is 32.3. The zero-order chi connectivity index (χ0) is 22.3. The van der Waals surface area contributed by atoms with Crippen LogP contribution in [-0.4, -0.2) is 69.0 Å². The van der Waals surface area contributed by atoms with Gasteiger partial charge in [-0.2, -0.15) is 8.42 Å². The van der Waals surface area contributed by atoms with Crippen molar-refractivity contribution in [2.45, 2.75) is 29.4 Å². The molecule has 0 bridgehead atoms. The van der Waals surface area contributed by atoms with E-state index >= 15 is 0 Å². The Morgan fingerprint density at radius 3 is 2.65 bits per heavy atom. The van der Waals surface area contributed by atoms with Crippen LogP contribution in [0.1, 0.15) is 16.6 Å². The molecule has 1 saturated heterocycles. The van der Waals surface area contributed by atoms with Gasteiger partial charge in [0.25, 0.3) is 0 Å². The van der Waals surface area contributed by atoms with Gasteiger partial charge in [-0.15, -0.1) is 3.89 Å². The van der Waals surface area contributed by atoms with E-state index in [4.69, 9.17) is 15.2 Å². The highest BCUT2D eigenvalue weighted by molar-refractivity contribution is 7.86. The maximum absolute atomic E-state index is 12.9. The van der Waals surface area contributed by atoms with Gasteiger partial charge in [-0.25, -0.2) is 19.7 Å². The van der Waals surface area contributed by atoms with E-state index in [1.807, 2.05) is 0 Å². The number of esters is 1. The number of benzene rings is 1. The summed E-state index contributed by atoms with van der Waals surface area (Å²) in [6.07, 6.45) is -2.39. The van der Waals surface area contributed by atoms with Crippen molar-refractivity contribution in [3.8, 4) is 0 Å². The lowest BCUT2D eigenvalue weighted by atomic mass is 10.1. The van der Waals surface area contributed by atoms with Gasteiger partial charge in [-0.3, -0.25) is 4.57 Å². The number of hydrogen-bond donors (Lipinski definition) is 3. The SMILES string of the molecule is Nc1ncnc2c1n[14cH]n2[C@@H]1O[C@H](COC(=O)c2ccc(S(=O)(=O)F)cc2)[C@@H](O)[C@H]1O. The number of imidazole rings is 1. The molecule has 0 spiro atoms. The van der Waals surface area contributed by atoms with Crippen LogP contribution in [-0.2, 0) is 19.7 Å². The quantitative estimate of drug-likeness (QED) is 0.335. The van der Waals surface area contributed by atoms with E-state index in [0.29, 0.717) is 5.52 Å². The third kappa shape index (κ3) is 3.93. The molecular weight excluding hydrogens is 439 g/mol. The van der Waals surface area contributed by atoms with Crippen molar-refractivity contribution in [2.75, 3.05) is 12.3 Å². The number of fused-ring (bicyclic) bond motifs is 1. The van der Waals surface area contributed by atoms with E-state index in [0.717, 1.165) is 24.3 Å². The predicted octanol–water partition coefficient (Wildman–Crippen LogP) is -0.457. The average molecular weight is 455 g/mol. The van der Waals surface area contributed by atoms with Gasteiger partial charge in [0.2, 0.25) is 0 Å². The summed E-state index contributed by atoms with van der Waals surface area (Å²) in [6.45, 7) is -0.416. The molecule has 1 aliphatic rings. The number of carbonyl (C=O) groups is 1. The van der Waals surface area contributed by atoms with E-state index in [1.165, 1.54) is 17.2 Å². The largest absolute Gasteiger partial charge is 0.459 e. The Morgan fingerprint density at radius 2 is 1.97 bits per heavy atom. The molecular formula is C17H16FN5O7S. The van der Waals surface area contributed by atoms with Gasteiger partial charge in [0.15, 0.2) is 17.7 Å². The molecule has 31 heavy (non-hydrogen) atoms. The van der Waals surface area contributed by atoms with Gasteiger partial charge in [0.1, 0.15) is 36.8 Å². The second kappa shape index (κ2) is 7.81. The molecule has 3 aromatic rings. The zero-order valence-corrected chi connectivity index (χ0v) is 16.4. The molecule has 0 saturated carbocycles. The van der Waals surface area contributed by atoms with Crippen LogP contribution in [0.4, 0.5) is 9.70 Å². The number of nitrogen functional groups attached to an aromatic ring is 1. The minimum Gasteiger partial charge on any atom is -0.459 e. The van der Waals surface area contributed by atoms with E-state index in [2.05, 4.69) is 15.0 Å². The molecule has 0 amide bonds. The molecule has 0 radical (unpaired) electrons. The Kier molecular flexibility index (Phi) is 5.30. The zero-order valence-electron chi connectivity index (χ0n) is 15.6. The summed E-state index contributed by atoms with van der Waals surface area (Å²) >= 11 is 0.